The van der Waals surface area contributed by atoms with Crippen LogP contribution in [0.1, 0.15) is 56.9 Å². The first-order valence-electron chi connectivity index (χ1n) is 9.32. The fourth-order valence-corrected chi connectivity index (χ4v) is 2.39. The number of benzene rings is 1. The molecule has 0 aliphatic carbocycles. The van der Waals surface area contributed by atoms with Crippen molar-refractivity contribution in [1.82, 2.24) is 0 Å². The number of rotatable bonds is 14. The molecule has 0 atom stereocenters. The topological polar surface area (TPSA) is 61.8 Å². The molecule has 0 unspecified atom stereocenters. The SMILES string of the molecule is C=CCOC(=O)CCCCCCCCCOC(=O)OCc1ccccc1. The van der Waals surface area contributed by atoms with Crippen LogP contribution in [0.3, 0.4) is 0 Å². The minimum atomic E-state index is -0.614. The first-order valence-corrected chi connectivity index (χ1v) is 9.32. The molecule has 0 bridgehead atoms. The van der Waals surface area contributed by atoms with Crippen molar-refractivity contribution >= 4 is 12.1 Å². The van der Waals surface area contributed by atoms with E-state index >= 15 is 0 Å². The van der Waals surface area contributed by atoms with Crippen LogP contribution in [0.25, 0.3) is 0 Å². The minimum Gasteiger partial charge on any atom is -0.461 e. The second-order valence-corrected chi connectivity index (χ2v) is 6.07. The zero-order valence-corrected chi connectivity index (χ0v) is 15.5. The van der Waals surface area contributed by atoms with E-state index in [4.69, 9.17) is 14.2 Å². The van der Waals surface area contributed by atoms with Gasteiger partial charge in [0.2, 0.25) is 0 Å². The summed E-state index contributed by atoms with van der Waals surface area (Å²) < 4.78 is 15.0. The second kappa shape index (κ2) is 15.0. The lowest BCUT2D eigenvalue weighted by atomic mass is 10.1. The van der Waals surface area contributed by atoms with Crippen molar-refractivity contribution in [2.75, 3.05) is 13.2 Å². The molecule has 26 heavy (non-hydrogen) atoms. The van der Waals surface area contributed by atoms with E-state index in [1.807, 2.05) is 30.3 Å². The van der Waals surface area contributed by atoms with E-state index in [-0.39, 0.29) is 12.6 Å². The number of unbranched alkanes of at least 4 members (excludes halogenated alkanes) is 6. The summed E-state index contributed by atoms with van der Waals surface area (Å²) in [5.74, 6) is -0.152. The minimum absolute atomic E-state index is 0.152. The number of hydrogen-bond donors (Lipinski definition) is 0. The average Bonchev–Trinajstić information content (AvgIpc) is 2.67. The van der Waals surface area contributed by atoms with Gasteiger partial charge in [0, 0.05) is 6.42 Å². The van der Waals surface area contributed by atoms with Crippen LogP contribution >= 0.6 is 0 Å². The van der Waals surface area contributed by atoms with Gasteiger partial charge >= 0.3 is 12.1 Å². The fourth-order valence-electron chi connectivity index (χ4n) is 2.39. The maximum Gasteiger partial charge on any atom is 0.508 e. The molecule has 0 radical (unpaired) electrons. The highest BCUT2D eigenvalue weighted by molar-refractivity contribution is 5.69. The summed E-state index contributed by atoms with van der Waals surface area (Å²) in [7, 11) is 0. The van der Waals surface area contributed by atoms with Crippen LogP contribution in [0.5, 0.6) is 0 Å². The van der Waals surface area contributed by atoms with Crippen molar-refractivity contribution in [2.45, 2.75) is 58.0 Å². The summed E-state index contributed by atoms with van der Waals surface area (Å²) in [5.41, 5.74) is 0.943. The van der Waals surface area contributed by atoms with Crippen LogP contribution in [-0.4, -0.2) is 25.3 Å². The summed E-state index contributed by atoms with van der Waals surface area (Å²) in [6.07, 6.45) is 8.53. The van der Waals surface area contributed by atoms with Gasteiger partial charge in [-0.25, -0.2) is 4.79 Å². The molecule has 5 nitrogen and oxygen atoms in total. The largest absolute Gasteiger partial charge is 0.508 e. The molecular weight excluding hydrogens is 332 g/mol. The number of carbonyl (C=O) groups excluding carboxylic acids is 2. The van der Waals surface area contributed by atoms with E-state index in [1.165, 1.54) is 0 Å². The van der Waals surface area contributed by atoms with Crippen molar-refractivity contribution in [3.8, 4) is 0 Å². The van der Waals surface area contributed by atoms with Crippen molar-refractivity contribution in [3.05, 3.63) is 48.6 Å². The Morgan fingerprint density at radius 3 is 2.19 bits per heavy atom. The molecule has 1 rings (SSSR count). The predicted octanol–water partition coefficient (Wildman–Crippen LogP) is 5.19. The third kappa shape index (κ3) is 12.1. The van der Waals surface area contributed by atoms with Crippen LogP contribution in [0.15, 0.2) is 43.0 Å². The van der Waals surface area contributed by atoms with Crippen molar-refractivity contribution in [3.63, 3.8) is 0 Å². The van der Waals surface area contributed by atoms with Crippen LogP contribution in [-0.2, 0) is 25.6 Å². The lowest BCUT2D eigenvalue weighted by Crippen LogP contribution is -2.08. The molecule has 0 heterocycles. The van der Waals surface area contributed by atoms with Crippen molar-refractivity contribution in [2.24, 2.45) is 0 Å². The Balaban J connectivity index is 1.85. The first kappa shape index (κ1) is 21.7. The second-order valence-electron chi connectivity index (χ2n) is 6.07. The molecule has 1 aromatic carbocycles. The van der Waals surface area contributed by atoms with Gasteiger partial charge in [0.1, 0.15) is 13.2 Å². The highest BCUT2D eigenvalue weighted by Gasteiger charge is 2.04. The number of ether oxygens (including phenoxy) is 3. The third-order valence-electron chi connectivity index (χ3n) is 3.81. The maximum absolute atomic E-state index is 11.5. The maximum atomic E-state index is 11.5. The van der Waals surface area contributed by atoms with Gasteiger partial charge in [-0.2, -0.15) is 0 Å². The molecule has 0 saturated heterocycles. The summed E-state index contributed by atoms with van der Waals surface area (Å²) in [5, 5.41) is 0. The van der Waals surface area contributed by atoms with Crippen LogP contribution < -0.4 is 0 Å². The molecule has 1 aromatic rings. The highest BCUT2D eigenvalue weighted by atomic mass is 16.7. The van der Waals surface area contributed by atoms with Gasteiger partial charge in [-0.3, -0.25) is 4.79 Å². The average molecular weight is 362 g/mol. The third-order valence-corrected chi connectivity index (χ3v) is 3.81. The molecule has 0 spiro atoms. The van der Waals surface area contributed by atoms with Gasteiger partial charge < -0.3 is 14.2 Å². The summed E-state index contributed by atoms with van der Waals surface area (Å²) in [6.45, 7) is 4.42. The van der Waals surface area contributed by atoms with Gasteiger partial charge in [0.05, 0.1) is 6.61 Å². The van der Waals surface area contributed by atoms with E-state index in [1.54, 1.807) is 6.08 Å². The molecule has 0 aliphatic rings. The Bertz CT molecular complexity index is 512. The number of esters is 1. The van der Waals surface area contributed by atoms with Gasteiger partial charge in [0.25, 0.3) is 0 Å². The molecular formula is C21H30O5. The normalized spacial score (nSPS) is 10.2. The van der Waals surface area contributed by atoms with E-state index in [2.05, 4.69) is 6.58 Å². The lowest BCUT2D eigenvalue weighted by Gasteiger charge is -2.06. The highest BCUT2D eigenvalue weighted by Crippen LogP contribution is 2.09. The fraction of sp³-hybridized carbons (Fsp3) is 0.524. The first-order chi connectivity index (χ1) is 12.7. The zero-order chi connectivity index (χ0) is 18.9. The summed E-state index contributed by atoms with van der Waals surface area (Å²) in [6, 6.07) is 9.52. The van der Waals surface area contributed by atoms with Crippen molar-refractivity contribution < 1.29 is 23.8 Å². The number of hydrogen-bond acceptors (Lipinski definition) is 5. The predicted molar refractivity (Wildman–Crippen MR) is 101 cm³/mol. The van der Waals surface area contributed by atoms with Crippen LogP contribution in [0.2, 0.25) is 0 Å². The number of carbonyl (C=O) groups is 2. The van der Waals surface area contributed by atoms with E-state index in [0.29, 0.717) is 19.6 Å². The molecule has 0 fully saturated rings. The summed E-state index contributed by atoms with van der Waals surface area (Å²) in [4.78, 5) is 22.7. The van der Waals surface area contributed by atoms with Gasteiger partial charge in [-0.1, -0.05) is 75.1 Å². The van der Waals surface area contributed by atoms with Crippen molar-refractivity contribution in [1.29, 1.82) is 0 Å². The smallest absolute Gasteiger partial charge is 0.461 e. The van der Waals surface area contributed by atoms with Crippen LogP contribution in [0.4, 0.5) is 4.79 Å². The molecule has 5 heteroatoms. The van der Waals surface area contributed by atoms with Gasteiger partial charge in [-0.05, 0) is 18.4 Å². The summed E-state index contributed by atoms with van der Waals surface area (Å²) >= 11 is 0. The van der Waals surface area contributed by atoms with E-state index in [9.17, 15) is 9.59 Å². The van der Waals surface area contributed by atoms with Crippen LogP contribution in [0, 0.1) is 0 Å². The Kier molecular flexibility index (Phi) is 12.5. The van der Waals surface area contributed by atoms with Gasteiger partial charge in [-0.15, -0.1) is 0 Å². The molecule has 144 valence electrons. The molecule has 0 amide bonds. The monoisotopic (exact) mass is 362 g/mol. The standard InChI is InChI=1S/C21H30O5/c1-2-16-24-20(22)15-11-6-4-3-5-7-12-17-25-21(23)26-18-19-13-9-8-10-14-19/h2,8-10,13-14H,1,3-7,11-12,15-18H2. The molecule has 0 saturated carbocycles. The molecule has 0 N–H and O–H groups in total. The van der Waals surface area contributed by atoms with E-state index < -0.39 is 6.16 Å². The quantitative estimate of drug-likeness (QED) is 0.259. The Labute approximate surface area is 156 Å². The Morgan fingerprint density at radius 2 is 1.50 bits per heavy atom. The Morgan fingerprint density at radius 1 is 0.846 bits per heavy atom. The lowest BCUT2D eigenvalue weighted by molar-refractivity contribution is -0.142. The van der Waals surface area contributed by atoms with Gasteiger partial charge in [0.15, 0.2) is 0 Å². The molecule has 0 aliphatic heterocycles. The zero-order valence-electron chi connectivity index (χ0n) is 15.5. The molecule has 0 aromatic heterocycles. The Hall–Kier alpha value is -2.30. The van der Waals surface area contributed by atoms with E-state index in [0.717, 1.165) is 50.5 Å².